The largest absolute Gasteiger partial charge is 0.444 e. The molecule has 0 spiro atoms. The molecule has 2 aliphatic rings. The standard InChI is InChI=1S/C22H29N3O3S/c1-22(2,3)28-21(27)24-10-11-25-17(13-24)12-16(20(25)26)8-4-6-15-7-5-9-18-19(15)29-14-23-18/h5,7,9,14,16-17H,4,6,8,10-13H2,1-3H3/t16?,17-/m0/s1. The van der Waals surface area contributed by atoms with Gasteiger partial charge in [0.2, 0.25) is 5.91 Å². The van der Waals surface area contributed by atoms with E-state index < -0.39 is 5.60 Å². The molecule has 0 radical (unpaired) electrons. The molecule has 7 heteroatoms. The number of benzene rings is 1. The summed E-state index contributed by atoms with van der Waals surface area (Å²) in [6, 6.07) is 6.39. The summed E-state index contributed by atoms with van der Waals surface area (Å²) in [4.78, 5) is 33.3. The number of carbonyl (C=O) groups excluding carboxylic acids is 2. The number of nitrogens with zero attached hydrogens (tertiary/aromatic N) is 3. The van der Waals surface area contributed by atoms with Gasteiger partial charge in [-0.3, -0.25) is 4.79 Å². The van der Waals surface area contributed by atoms with Gasteiger partial charge in [0.25, 0.3) is 0 Å². The van der Waals surface area contributed by atoms with E-state index in [9.17, 15) is 9.59 Å². The molecule has 156 valence electrons. The van der Waals surface area contributed by atoms with Gasteiger partial charge in [-0.1, -0.05) is 12.1 Å². The Morgan fingerprint density at radius 2 is 2.14 bits per heavy atom. The number of piperazine rings is 1. The van der Waals surface area contributed by atoms with E-state index in [0.29, 0.717) is 19.6 Å². The van der Waals surface area contributed by atoms with Gasteiger partial charge >= 0.3 is 6.09 Å². The molecule has 0 bridgehead atoms. The normalized spacial score (nSPS) is 22.2. The Morgan fingerprint density at radius 3 is 2.93 bits per heavy atom. The van der Waals surface area contributed by atoms with Gasteiger partial charge in [0.05, 0.1) is 21.8 Å². The first-order valence-corrected chi connectivity index (χ1v) is 11.3. The molecule has 2 fully saturated rings. The molecule has 2 aliphatic heterocycles. The summed E-state index contributed by atoms with van der Waals surface area (Å²) in [6.45, 7) is 7.38. The third kappa shape index (κ3) is 4.39. The minimum absolute atomic E-state index is 0.0688. The number of aromatic nitrogens is 1. The van der Waals surface area contributed by atoms with Crippen molar-refractivity contribution in [2.24, 2.45) is 5.92 Å². The lowest BCUT2D eigenvalue weighted by Gasteiger charge is -2.38. The summed E-state index contributed by atoms with van der Waals surface area (Å²) >= 11 is 1.68. The molecule has 0 saturated carbocycles. The maximum atomic E-state index is 12.8. The topological polar surface area (TPSA) is 62.7 Å². The smallest absolute Gasteiger partial charge is 0.410 e. The predicted molar refractivity (Wildman–Crippen MR) is 114 cm³/mol. The van der Waals surface area contributed by atoms with E-state index in [1.54, 1.807) is 16.2 Å². The van der Waals surface area contributed by atoms with Crippen LogP contribution in [0, 0.1) is 5.92 Å². The molecule has 1 aromatic heterocycles. The summed E-state index contributed by atoms with van der Waals surface area (Å²) in [5, 5.41) is 0. The van der Waals surface area contributed by atoms with Crippen LogP contribution in [-0.4, -0.2) is 58.1 Å². The maximum absolute atomic E-state index is 12.8. The van der Waals surface area contributed by atoms with Crippen molar-refractivity contribution in [2.45, 2.75) is 58.1 Å². The van der Waals surface area contributed by atoms with Gasteiger partial charge in [-0.25, -0.2) is 9.78 Å². The van der Waals surface area contributed by atoms with E-state index in [-0.39, 0.29) is 24.0 Å². The molecule has 3 heterocycles. The minimum Gasteiger partial charge on any atom is -0.444 e. The number of fused-ring (bicyclic) bond motifs is 2. The highest BCUT2D eigenvalue weighted by molar-refractivity contribution is 7.16. The van der Waals surface area contributed by atoms with Gasteiger partial charge < -0.3 is 14.5 Å². The second-order valence-corrected chi connectivity index (χ2v) is 9.91. The Hall–Kier alpha value is -2.15. The Balaban J connectivity index is 1.31. The SMILES string of the molecule is CC(C)(C)OC(=O)N1CCN2C(=O)C(CCCc3cccc4ncsc34)C[C@H]2C1. The zero-order chi connectivity index (χ0) is 20.6. The van der Waals surface area contributed by atoms with E-state index in [0.717, 1.165) is 31.2 Å². The average molecular weight is 416 g/mol. The molecule has 0 N–H and O–H groups in total. The van der Waals surface area contributed by atoms with Crippen LogP contribution in [0.2, 0.25) is 0 Å². The number of ether oxygens (including phenoxy) is 1. The summed E-state index contributed by atoms with van der Waals surface area (Å²) in [7, 11) is 0. The quantitative estimate of drug-likeness (QED) is 0.755. The molecule has 2 aromatic rings. The van der Waals surface area contributed by atoms with Crippen LogP contribution in [0.3, 0.4) is 0 Å². The van der Waals surface area contributed by atoms with Gasteiger partial charge in [0, 0.05) is 25.6 Å². The Bertz CT molecular complexity index is 904. The first kappa shape index (κ1) is 20.1. The average Bonchev–Trinajstić information content (AvgIpc) is 3.25. The molecule has 2 amide bonds. The fraction of sp³-hybridized carbons (Fsp3) is 0.591. The summed E-state index contributed by atoms with van der Waals surface area (Å²) in [5.41, 5.74) is 3.78. The first-order chi connectivity index (χ1) is 13.8. The number of aryl methyl sites for hydroxylation is 1. The van der Waals surface area contributed by atoms with E-state index >= 15 is 0 Å². The van der Waals surface area contributed by atoms with E-state index in [2.05, 4.69) is 17.1 Å². The second-order valence-electron chi connectivity index (χ2n) is 9.05. The van der Waals surface area contributed by atoms with E-state index in [1.165, 1.54) is 10.3 Å². The molecule has 2 saturated heterocycles. The monoisotopic (exact) mass is 415 g/mol. The lowest BCUT2D eigenvalue weighted by molar-refractivity contribution is -0.133. The van der Waals surface area contributed by atoms with Gasteiger partial charge in [-0.15, -0.1) is 11.3 Å². The summed E-state index contributed by atoms with van der Waals surface area (Å²) in [6.07, 6.45) is 3.42. The molecule has 29 heavy (non-hydrogen) atoms. The minimum atomic E-state index is -0.497. The fourth-order valence-corrected chi connectivity index (χ4v) is 5.26. The Labute approximate surface area is 175 Å². The third-order valence-electron chi connectivity index (χ3n) is 5.76. The van der Waals surface area contributed by atoms with Crippen molar-refractivity contribution in [3.63, 3.8) is 0 Å². The molecular weight excluding hydrogens is 386 g/mol. The van der Waals surface area contributed by atoms with Crippen molar-refractivity contribution in [3.8, 4) is 0 Å². The molecule has 1 aromatic carbocycles. The van der Waals surface area contributed by atoms with Gasteiger partial charge in [0.1, 0.15) is 5.60 Å². The van der Waals surface area contributed by atoms with Crippen molar-refractivity contribution >= 4 is 33.6 Å². The molecule has 1 unspecified atom stereocenters. The van der Waals surface area contributed by atoms with Crippen molar-refractivity contribution in [3.05, 3.63) is 29.3 Å². The summed E-state index contributed by atoms with van der Waals surface area (Å²) < 4.78 is 6.76. The fourth-order valence-electron chi connectivity index (χ4n) is 4.43. The second kappa shape index (κ2) is 7.94. The lowest BCUT2D eigenvalue weighted by atomic mass is 9.96. The van der Waals surface area contributed by atoms with E-state index in [4.69, 9.17) is 4.74 Å². The van der Waals surface area contributed by atoms with Crippen LogP contribution in [0.4, 0.5) is 4.79 Å². The molecule has 4 rings (SSSR count). The first-order valence-electron chi connectivity index (χ1n) is 10.4. The van der Waals surface area contributed by atoms with Crippen LogP contribution in [0.5, 0.6) is 0 Å². The zero-order valence-electron chi connectivity index (χ0n) is 17.4. The van der Waals surface area contributed by atoms with Crippen LogP contribution in [0.15, 0.2) is 23.7 Å². The molecule has 0 aliphatic carbocycles. The van der Waals surface area contributed by atoms with Crippen LogP contribution < -0.4 is 0 Å². The van der Waals surface area contributed by atoms with Crippen LogP contribution >= 0.6 is 11.3 Å². The number of thiazole rings is 1. The number of rotatable bonds is 4. The Morgan fingerprint density at radius 1 is 1.31 bits per heavy atom. The van der Waals surface area contributed by atoms with Crippen molar-refractivity contribution in [1.29, 1.82) is 0 Å². The third-order valence-corrected chi connectivity index (χ3v) is 6.68. The van der Waals surface area contributed by atoms with Crippen LogP contribution in [0.1, 0.15) is 45.6 Å². The number of hydrogen-bond acceptors (Lipinski definition) is 5. The number of amides is 2. The van der Waals surface area contributed by atoms with Crippen molar-refractivity contribution in [1.82, 2.24) is 14.8 Å². The molecule has 2 atom stereocenters. The highest BCUT2D eigenvalue weighted by Crippen LogP contribution is 2.32. The maximum Gasteiger partial charge on any atom is 0.410 e. The van der Waals surface area contributed by atoms with Gasteiger partial charge in [0.15, 0.2) is 0 Å². The van der Waals surface area contributed by atoms with Gasteiger partial charge in [-0.2, -0.15) is 0 Å². The molecular formula is C22H29N3O3S. The number of hydrogen-bond donors (Lipinski definition) is 0. The lowest BCUT2D eigenvalue weighted by Crippen LogP contribution is -2.54. The highest BCUT2D eigenvalue weighted by Gasteiger charge is 2.43. The zero-order valence-corrected chi connectivity index (χ0v) is 18.2. The van der Waals surface area contributed by atoms with Gasteiger partial charge in [-0.05, 0) is 58.1 Å². The predicted octanol–water partition coefficient (Wildman–Crippen LogP) is 4.09. The van der Waals surface area contributed by atoms with Crippen molar-refractivity contribution < 1.29 is 14.3 Å². The van der Waals surface area contributed by atoms with E-state index in [1.807, 2.05) is 37.2 Å². The van der Waals surface area contributed by atoms with Crippen molar-refractivity contribution in [2.75, 3.05) is 19.6 Å². The molecule has 6 nitrogen and oxygen atoms in total. The van der Waals surface area contributed by atoms with Crippen LogP contribution in [-0.2, 0) is 16.0 Å². The summed E-state index contributed by atoms with van der Waals surface area (Å²) in [5.74, 6) is 0.328. The highest BCUT2D eigenvalue weighted by atomic mass is 32.1. The Kier molecular flexibility index (Phi) is 5.51. The number of carbonyl (C=O) groups is 2. The van der Waals surface area contributed by atoms with Crippen LogP contribution in [0.25, 0.3) is 10.2 Å².